The van der Waals surface area contributed by atoms with Crippen molar-refractivity contribution < 1.29 is 19.1 Å². The van der Waals surface area contributed by atoms with Crippen molar-refractivity contribution in [3.8, 4) is 11.5 Å². The van der Waals surface area contributed by atoms with Crippen LogP contribution in [0.3, 0.4) is 0 Å². The molecule has 2 aromatic carbocycles. The number of aryl methyl sites for hydroxylation is 1. The predicted octanol–water partition coefficient (Wildman–Crippen LogP) is 3.71. The molecule has 0 bridgehead atoms. The topological polar surface area (TPSA) is 67.9 Å². The van der Waals surface area contributed by atoms with Crippen LogP contribution in [0.25, 0.3) is 0 Å². The number of ether oxygens (including phenoxy) is 2. The lowest BCUT2D eigenvalue weighted by atomic mass is 10.1. The molecule has 1 atom stereocenters. The minimum atomic E-state index is -0.662. The van der Waals surface area contributed by atoms with Gasteiger partial charge >= 0.3 is 0 Å². The molecular formula is C24H32N2O4. The van der Waals surface area contributed by atoms with E-state index >= 15 is 0 Å². The average molecular weight is 413 g/mol. The van der Waals surface area contributed by atoms with E-state index < -0.39 is 11.6 Å². The van der Waals surface area contributed by atoms with E-state index in [4.69, 9.17) is 9.47 Å². The van der Waals surface area contributed by atoms with E-state index in [2.05, 4.69) is 5.32 Å². The smallest absolute Gasteiger partial charge is 0.261 e. The first-order valence-corrected chi connectivity index (χ1v) is 10.0. The highest BCUT2D eigenvalue weighted by atomic mass is 16.5. The van der Waals surface area contributed by atoms with Crippen LogP contribution in [0, 0.1) is 6.92 Å². The van der Waals surface area contributed by atoms with E-state index in [1.165, 1.54) is 4.90 Å². The van der Waals surface area contributed by atoms with Crippen LogP contribution >= 0.6 is 0 Å². The molecule has 0 saturated heterocycles. The number of hydrogen-bond acceptors (Lipinski definition) is 4. The summed E-state index contributed by atoms with van der Waals surface area (Å²) in [5.74, 6) is 0.828. The third-order valence-electron chi connectivity index (χ3n) is 4.54. The highest BCUT2D eigenvalue weighted by molar-refractivity contribution is 5.88. The van der Waals surface area contributed by atoms with Gasteiger partial charge in [0.2, 0.25) is 5.91 Å². The Morgan fingerprint density at radius 2 is 1.73 bits per heavy atom. The van der Waals surface area contributed by atoms with Crippen LogP contribution in [0.2, 0.25) is 0 Å². The molecule has 0 saturated carbocycles. The zero-order valence-corrected chi connectivity index (χ0v) is 18.7. The van der Waals surface area contributed by atoms with Crippen molar-refractivity contribution in [1.29, 1.82) is 0 Å². The maximum atomic E-state index is 13.0. The van der Waals surface area contributed by atoms with Gasteiger partial charge in [0.1, 0.15) is 17.5 Å². The fourth-order valence-electron chi connectivity index (χ4n) is 2.89. The molecule has 0 fully saturated rings. The molecule has 0 aliphatic carbocycles. The molecule has 162 valence electrons. The molecule has 30 heavy (non-hydrogen) atoms. The normalized spacial score (nSPS) is 12.1. The molecule has 0 spiro atoms. The summed E-state index contributed by atoms with van der Waals surface area (Å²) in [4.78, 5) is 27.3. The van der Waals surface area contributed by atoms with Crippen LogP contribution < -0.4 is 14.8 Å². The molecule has 2 aromatic rings. The van der Waals surface area contributed by atoms with Crippen molar-refractivity contribution in [2.45, 2.75) is 52.7 Å². The van der Waals surface area contributed by atoms with Crippen LogP contribution in [0.1, 0.15) is 38.8 Å². The number of amides is 2. The highest BCUT2D eigenvalue weighted by Crippen LogP contribution is 2.17. The van der Waals surface area contributed by atoms with Gasteiger partial charge in [0.05, 0.1) is 7.11 Å². The summed E-state index contributed by atoms with van der Waals surface area (Å²) < 4.78 is 10.9. The lowest BCUT2D eigenvalue weighted by molar-refractivity contribution is -0.142. The van der Waals surface area contributed by atoms with Gasteiger partial charge in [-0.3, -0.25) is 9.59 Å². The van der Waals surface area contributed by atoms with Gasteiger partial charge < -0.3 is 19.7 Å². The summed E-state index contributed by atoms with van der Waals surface area (Å²) in [6.45, 7) is 9.56. The highest BCUT2D eigenvalue weighted by Gasteiger charge is 2.28. The molecule has 0 aliphatic heterocycles. The van der Waals surface area contributed by atoms with Crippen LogP contribution in [0.5, 0.6) is 11.5 Å². The Kier molecular flexibility index (Phi) is 7.86. The van der Waals surface area contributed by atoms with E-state index in [1.807, 2.05) is 76.2 Å². The largest absolute Gasteiger partial charge is 0.497 e. The van der Waals surface area contributed by atoms with Crippen molar-refractivity contribution in [1.82, 2.24) is 10.2 Å². The zero-order valence-electron chi connectivity index (χ0n) is 18.7. The Morgan fingerprint density at radius 3 is 2.33 bits per heavy atom. The molecule has 0 radical (unpaired) electrons. The Bertz CT molecular complexity index is 856. The summed E-state index contributed by atoms with van der Waals surface area (Å²) in [6.07, 6.45) is 0. The number of carbonyl (C=O) groups excluding carboxylic acids is 2. The minimum absolute atomic E-state index is 0.153. The standard InChI is InChI=1S/C24H32N2O4/c1-17-10-12-20(13-11-17)30-16-22(27)26(18(2)23(28)25-24(3,4)5)15-19-8-7-9-21(14-19)29-6/h7-14,18H,15-16H2,1-6H3,(H,25,28)/t18-/m1/s1. The average Bonchev–Trinajstić information content (AvgIpc) is 2.69. The number of nitrogens with zero attached hydrogens (tertiary/aromatic N) is 1. The first-order valence-electron chi connectivity index (χ1n) is 10.0. The SMILES string of the molecule is COc1cccc(CN(C(=O)COc2ccc(C)cc2)[C@H](C)C(=O)NC(C)(C)C)c1. The van der Waals surface area contributed by atoms with Gasteiger partial charge in [-0.25, -0.2) is 0 Å². The zero-order chi connectivity index (χ0) is 22.3. The second kappa shape index (κ2) is 10.1. The lowest BCUT2D eigenvalue weighted by Gasteiger charge is -2.31. The molecule has 0 aromatic heterocycles. The minimum Gasteiger partial charge on any atom is -0.497 e. The van der Waals surface area contributed by atoms with Gasteiger partial charge in [0, 0.05) is 12.1 Å². The number of methoxy groups -OCH3 is 1. The lowest BCUT2D eigenvalue weighted by Crippen LogP contribution is -2.53. The number of benzene rings is 2. The fourth-order valence-corrected chi connectivity index (χ4v) is 2.89. The van der Waals surface area contributed by atoms with E-state index in [0.29, 0.717) is 11.5 Å². The van der Waals surface area contributed by atoms with Crippen molar-refractivity contribution in [2.75, 3.05) is 13.7 Å². The molecule has 1 N–H and O–H groups in total. The van der Waals surface area contributed by atoms with E-state index in [9.17, 15) is 9.59 Å². The first kappa shape index (κ1) is 23.3. The quantitative estimate of drug-likeness (QED) is 0.718. The van der Waals surface area contributed by atoms with Crippen LogP contribution in [0.4, 0.5) is 0 Å². The van der Waals surface area contributed by atoms with Crippen LogP contribution in [-0.2, 0) is 16.1 Å². The van der Waals surface area contributed by atoms with E-state index in [0.717, 1.165) is 11.1 Å². The van der Waals surface area contributed by atoms with Gasteiger partial charge in [0.15, 0.2) is 6.61 Å². The molecule has 0 heterocycles. The summed E-state index contributed by atoms with van der Waals surface area (Å²) in [6, 6.07) is 14.3. The summed E-state index contributed by atoms with van der Waals surface area (Å²) in [7, 11) is 1.59. The molecule has 0 unspecified atom stereocenters. The second-order valence-electron chi connectivity index (χ2n) is 8.39. The molecule has 0 aliphatic rings. The van der Waals surface area contributed by atoms with Gasteiger partial charge in [-0.05, 0) is 64.4 Å². The van der Waals surface area contributed by atoms with Crippen molar-refractivity contribution in [3.05, 3.63) is 59.7 Å². The Labute approximate surface area is 179 Å². The summed E-state index contributed by atoms with van der Waals surface area (Å²) in [5.41, 5.74) is 1.59. The number of nitrogens with one attached hydrogen (secondary N) is 1. The molecular weight excluding hydrogens is 380 g/mol. The van der Waals surface area contributed by atoms with Gasteiger partial charge in [0.25, 0.3) is 5.91 Å². The Balaban J connectivity index is 2.18. The Morgan fingerprint density at radius 1 is 1.07 bits per heavy atom. The second-order valence-corrected chi connectivity index (χ2v) is 8.39. The maximum absolute atomic E-state index is 13.0. The van der Waals surface area contributed by atoms with E-state index in [1.54, 1.807) is 14.0 Å². The number of hydrogen-bond donors (Lipinski definition) is 1. The van der Waals surface area contributed by atoms with Gasteiger partial charge in [-0.15, -0.1) is 0 Å². The molecule has 2 amide bonds. The molecule has 6 nitrogen and oxygen atoms in total. The van der Waals surface area contributed by atoms with Gasteiger partial charge in [-0.2, -0.15) is 0 Å². The van der Waals surface area contributed by atoms with Crippen LogP contribution in [0.15, 0.2) is 48.5 Å². The number of carbonyl (C=O) groups is 2. The Hall–Kier alpha value is -3.02. The molecule has 2 rings (SSSR count). The maximum Gasteiger partial charge on any atom is 0.261 e. The van der Waals surface area contributed by atoms with Crippen molar-refractivity contribution in [3.63, 3.8) is 0 Å². The van der Waals surface area contributed by atoms with Crippen LogP contribution in [-0.4, -0.2) is 42.0 Å². The summed E-state index contributed by atoms with van der Waals surface area (Å²) in [5, 5.41) is 2.94. The molecule has 6 heteroatoms. The van der Waals surface area contributed by atoms with Crippen molar-refractivity contribution >= 4 is 11.8 Å². The monoisotopic (exact) mass is 412 g/mol. The fraction of sp³-hybridized carbons (Fsp3) is 0.417. The predicted molar refractivity (Wildman–Crippen MR) is 118 cm³/mol. The number of rotatable bonds is 8. The third-order valence-corrected chi connectivity index (χ3v) is 4.54. The first-order chi connectivity index (χ1) is 14.1. The van der Waals surface area contributed by atoms with Crippen molar-refractivity contribution in [2.24, 2.45) is 0 Å². The van der Waals surface area contributed by atoms with Gasteiger partial charge in [-0.1, -0.05) is 29.8 Å². The summed E-state index contributed by atoms with van der Waals surface area (Å²) >= 11 is 0. The third kappa shape index (κ3) is 7.10. The van der Waals surface area contributed by atoms with E-state index in [-0.39, 0.29) is 25.0 Å².